The molecule has 0 aliphatic carbocycles. The number of benzene rings is 2. The Bertz CT molecular complexity index is 783. The first kappa shape index (κ1) is 21.9. The van der Waals surface area contributed by atoms with Crippen LogP contribution in [0.3, 0.4) is 0 Å². The molecule has 0 bridgehead atoms. The predicted octanol–water partition coefficient (Wildman–Crippen LogP) is 5.86. The van der Waals surface area contributed by atoms with Gasteiger partial charge in [0.1, 0.15) is 23.0 Å². The van der Waals surface area contributed by atoms with E-state index in [4.69, 9.17) is 9.47 Å². The van der Waals surface area contributed by atoms with E-state index in [2.05, 4.69) is 41.5 Å². The smallest absolute Gasteiger partial charge is 0.123 e. The first-order chi connectivity index (χ1) is 12.8. The van der Waals surface area contributed by atoms with Crippen LogP contribution in [0.1, 0.15) is 76.6 Å². The Morgan fingerprint density at radius 2 is 1.00 bits per heavy atom. The highest BCUT2D eigenvalue weighted by molar-refractivity contribution is 5.57. The molecule has 0 spiro atoms. The molecule has 0 aliphatic heterocycles. The molecule has 0 aromatic heterocycles. The van der Waals surface area contributed by atoms with Crippen molar-refractivity contribution in [3.8, 4) is 23.0 Å². The molecule has 0 fully saturated rings. The number of aromatic hydroxyl groups is 2. The molecule has 2 N–H and O–H groups in total. The highest BCUT2D eigenvalue weighted by Crippen LogP contribution is 2.46. The van der Waals surface area contributed by atoms with E-state index in [0.717, 1.165) is 11.1 Å². The summed E-state index contributed by atoms with van der Waals surface area (Å²) < 4.78 is 11.0. The molecule has 0 heterocycles. The number of phenols is 2. The van der Waals surface area contributed by atoms with Crippen molar-refractivity contribution in [3.05, 3.63) is 46.5 Å². The van der Waals surface area contributed by atoms with Crippen molar-refractivity contribution in [1.29, 1.82) is 0 Å². The van der Waals surface area contributed by atoms with E-state index in [1.54, 1.807) is 14.2 Å². The fraction of sp³-hybridized carbons (Fsp3) is 0.500. The number of phenolic OH excluding ortho intramolecular Hbond substituents is 2. The second-order valence-corrected chi connectivity index (χ2v) is 9.45. The van der Waals surface area contributed by atoms with Gasteiger partial charge in [-0.05, 0) is 35.1 Å². The monoisotopic (exact) mass is 386 g/mol. The zero-order chi connectivity index (χ0) is 21.4. The van der Waals surface area contributed by atoms with Crippen LogP contribution in [0.25, 0.3) is 0 Å². The quantitative estimate of drug-likeness (QED) is 0.691. The molecular weight excluding hydrogens is 352 g/mol. The standard InChI is InChI=1S/C24H34O4/c1-14(17-10-15(27-8)12-19(21(17)25)23(2,3)4)18-11-16(28-9)13-20(22(18)26)24(5,6)7/h10-14,25-26H,1-9H3. The molecule has 2 rings (SSSR count). The Morgan fingerprint density at radius 3 is 1.25 bits per heavy atom. The van der Waals surface area contributed by atoms with Crippen molar-refractivity contribution >= 4 is 0 Å². The van der Waals surface area contributed by atoms with Gasteiger partial charge in [0.15, 0.2) is 0 Å². The van der Waals surface area contributed by atoms with Crippen LogP contribution < -0.4 is 9.47 Å². The Balaban J connectivity index is 2.75. The summed E-state index contributed by atoms with van der Waals surface area (Å²) in [7, 11) is 3.24. The van der Waals surface area contributed by atoms with E-state index in [-0.39, 0.29) is 28.2 Å². The minimum Gasteiger partial charge on any atom is -0.507 e. The highest BCUT2D eigenvalue weighted by atomic mass is 16.5. The van der Waals surface area contributed by atoms with E-state index in [0.29, 0.717) is 22.6 Å². The first-order valence-corrected chi connectivity index (χ1v) is 9.64. The van der Waals surface area contributed by atoms with Crippen LogP contribution in [0.2, 0.25) is 0 Å². The van der Waals surface area contributed by atoms with Gasteiger partial charge in [-0.15, -0.1) is 0 Å². The van der Waals surface area contributed by atoms with Crippen LogP contribution in [-0.2, 0) is 10.8 Å². The van der Waals surface area contributed by atoms with Crippen LogP contribution in [0.4, 0.5) is 0 Å². The van der Waals surface area contributed by atoms with Gasteiger partial charge < -0.3 is 19.7 Å². The molecule has 0 amide bonds. The topological polar surface area (TPSA) is 58.9 Å². The van der Waals surface area contributed by atoms with E-state index in [1.807, 2.05) is 31.2 Å². The maximum atomic E-state index is 11.1. The maximum Gasteiger partial charge on any atom is 0.123 e. The van der Waals surface area contributed by atoms with E-state index >= 15 is 0 Å². The van der Waals surface area contributed by atoms with Crippen LogP contribution in [0.5, 0.6) is 23.0 Å². The second kappa shape index (κ2) is 7.57. The van der Waals surface area contributed by atoms with Gasteiger partial charge in [-0.2, -0.15) is 0 Å². The average molecular weight is 387 g/mol. The number of rotatable bonds is 4. The molecule has 0 saturated carbocycles. The largest absolute Gasteiger partial charge is 0.507 e. The summed E-state index contributed by atoms with van der Waals surface area (Å²) >= 11 is 0. The van der Waals surface area contributed by atoms with E-state index in [1.165, 1.54) is 0 Å². The second-order valence-electron chi connectivity index (χ2n) is 9.45. The van der Waals surface area contributed by atoms with Crippen molar-refractivity contribution in [2.24, 2.45) is 0 Å². The molecule has 28 heavy (non-hydrogen) atoms. The number of hydrogen-bond donors (Lipinski definition) is 2. The average Bonchev–Trinajstić information content (AvgIpc) is 2.59. The fourth-order valence-corrected chi connectivity index (χ4v) is 3.47. The van der Waals surface area contributed by atoms with Crippen LogP contribution in [0, 0.1) is 0 Å². The predicted molar refractivity (Wildman–Crippen MR) is 114 cm³/mol. The van der Waals surface area contributed by atoms with Gasteiger partial charge in [0.2, 0.25) is 0 Å². The van der Waals surface area contributed by atoms with Gasteiger partial charge in [0, 0.05) is 28.2 Å². The van der Waals surface area contributed by atoms with E-state index in [9.17, 15) is 10.2 Å². The van der Waals surface area contributed by atoms with Gasteiger partial charge in [-0.1, -0.05) is 48.5 Å². The van der Waals surface area contributed by atoms with Gasteiger partial charge >= 0.3 is 0 Å². The molecule has 4 nitrogen and oxygen atoms in total. The maximum absolute atomic E-state index is 11.1. The molecule has 0 atom stereocenters. The lowest BCUT2D eigenvalue weighted by atomic mass is 9.79. The summed E-state index contributed by atoms with van der Waals surface area (Å²) in [4.78, 5) is 0. The van der Waals surface area contributed by atoms with Crippen molar-refractivity contribution in [2.45, 2.75) is 65.2 Å². The summed E-state index contributed by atoms with van der Waals surface area (Å²) in [6, 6.07) is 7.42. The Hall–Kier alpha value is -2.36. The summed E-state index contributed by atoms with van der Waals surface area (Å²) in [6.07, 6.45) is 0. The van der Waals surface area contributed by atoms with Gasteiger partial charge in [-0.25, -0.2) is 0 Å². The molecular formula is C24H34O4. The van der Waals surface area contributed by atoms with Gasteiger partial charge in [0.25, 0.3) is 0 Å². The summed E-state index contributed by atoms with van der Waals surface area (Å²) in [5.41, 5.74) is 2.56. The molecule has 154 valence electrons. The fourth-order valence-electron chi connectivity index (χ4n) is 3.47. The van der Waals surface area contributed by atoms with Gasteiger partial charge in [0.05, 0.1) is 14.2 Å². The zero-order valence-electron chi connectivity index (χ0n) is 18.6. The first-order valence-electron chi connectivity index (χ1n) is 9.64. The molecule has 4 heteroatoms. The summed E-state index contributed by atoms with van der Waals surface area (Å²) in [5.74, 6) is 1.58. The molecule has 0 radical (unpaired) electrons. The van der Waals surface area contributed by atoms with E-state index < -0.39 is 0 Å². The van der Waals surface area contributed by atoms with Crippen molar-refractivity contribution in [2.75, 3.05) is 14.2 Å². The molecule has 0 aliphatic rings. The number of hydrogen-bond acceptors (Lipinski definition) is 4. The zero-order valence-corrected chi connectivity index (χ0v) is 18.6. The Kier molecular flexibility index (Phi) is 5.93. The Labute approximate surface area is 169 Å². The van der Waals surface area contributed by atoms with Crippen LogP contribution in [0.15, 0.2) is 24.3 Å². The molecule has 2 aromatic rings. The lowest BCUT2D eigenvalue weighted by Crippen LogP contribution is -2.14. The molecule has 0 saturated heterocycles. The third-order valence-corrected chi connectivity index (χ3v) is 5.25. The normalized spacial score (nSPS) is 12.4. The van der Waals surface area contributed by atoms with Crippen LogP contribution in [-0.4, -0.2) is 24.4 Å². The lowest BCUT2D eigenvalue weighted by molar-refractivity contribution is 0.397. The number of ether oxygens (including phenoxy) is 2. The minimum atomic E-state index is -0.257. The summed E-state index contributed by atoms with van der Waals surface area (Å²) in [5, 5.41) is 22.1. The Morgan fingerprint density at radius 1 is 0.679 bits per heavy atom. The molecule has 0 unspecified atom stereocenters. The SMILES string of the molecule is COc1cc(C(C)c2cc(OC)cc(C(C)(C)C)c2O)c(O)c(C(C)(C)C)c1. The lowest BCUT2D eigenvalue weighted by Gasteiger charge is -2.27. The van der Waals surface area contributed by atoms with Gasteiger partial charge in [-0.3, -0.25) is 0 Å². The third-order valence-electron chi connectivity index (χ3n) is 5.25. The van der Waals surface area contributed by atoms with Crippen molar-refractivity contribution in [3.63, 3.8) is 0 Å². The summed E-state index contributed by atoms with van der Waals surface area (Å²) in [6.45, 7) is 14.3. The van der Waals surface area contributed by atoms with Crippen LogP contribution >= 0.6 is 0 Å². The molecule has 2 aromatic carbocycles. The third kappa shape index (κ3) is 4.21. The van der Waals surface area contributed by atoms with Crippen molar-refractivity contribution in [1.82, 2.24) is 0 Å². The highest BCUT2D eigenvalue weighted by Gasteiger charge is 2.28. The van der Waals surface area contributed by atoms with Crippen molar-refractivity contribution < 1.29 is 19.7 Å². The minimum absolute atomic E-state index is 0.236. The number of methoxy groups -OCH3 is 2.